The van der Waals surface area contributed by atoms with E-state index in [9.17, 15) is 9.18 Å². The van der Waals surface area contributed by atoms with E-state index in [0.717, 1.165) is 10.0 Å². The highest BCUT2D eigenvalue weighted by Crippen LogP contribution is 2.23. The molecule has 0 bridgehead atoms. The zero-order valence-electron chi connectivity index (χ0n) is 11.2. The van der Waals surface area contributed by atoms with Crippen molar-refractivity contribution in [1.29, 1.82) is 0 Å². The molecule has 0 atom stereocenters. The number of hydrogen-bond acceptors (Lipinski definition) is 2. The lowest BCUT2D eigenvalue weighted by Crippen LogP contribution is -2.03. The number of hydrogen-bond donors (Lipinski definition) is 0. The van der Waals surface area contributed by atoms with Crippen LogP contribution in [0.3, 0.4) is 0 Å². The summed E-state index contributed by atoms with van der Waals surface area (Å²) in [6, 6.07) is 10.0. The van der Waals surface area contributed by atoms with E-state index in [1.807, 2.05) is 13.0 Å². The van der Waals surface area contributed by atoms with Crippen LogP contribution in [0.5, 0.6) is 5.75 Å². The lowest BCUT2D eigenvalue weighted by molar-refractivity contribution is 0.101. The highest BCUT2D eigenvalue weighted by atomic mass is 79.9. The van der Waals surface area contributed by atoms with Gasteiger partial charge in [0.1, 0.15) is 18.2 Å². The Morgan fingerprint density at radius 3 is 2.70 bits per heavy atom. The van der Waals surface area contributed by atoms with Gasteiger partial charge in [-0.1, -0.05) is 27.6 Å². The molecule has 0 amide bonds. The molecule has 2 aromatic carbocycles. The molecule has 0 heterocycles. The van der Waals surface area contributed by atoms with Crippen LogP contribution in [0.4, 0.5) is 4.39 Å². The van der Waals surface area contributed by atoms with E-state index in [4.69, 9.17) is 4.74 Å². The van der Waals surface area contributed by atoms with Gasteiger partial charge in [-0.05, 0) is 44.2 Å². The predicted octanol–water partition coefficient (Wildman–Crippen LogP) is 4.68. The molecular formula is C16H14BrFO2. The molecule has 0 spiro atoms. The summed E-state index contributed by atoms with van der Waals surface area (Å²) in [5.74, 6) is 0.0746. The van der Waals surface area contributed by atoms with Crippen LogP contribution in [0.2, 0.25) is 0 Å². The first kappa shape index (κ1) is 14.7. The molecule has 2 rings (SSSR count). The smallest absolute Gasteiger partial charge is 0.163 e. The summed E-state index contributed by atoms with van der Waals surface area (Å²) in [6.07, 6.45) is 0. The fraction of sp³-hybridized carbons (Fsp3) is 0.188. The molecule has 20 heavy (non-hydrogen) atoms. The monoisotopic (exact) mass is 336 g/mol. The maximum atomic E-state index is 13.6. The van der Waals surface area contributed by atoms with E-state index >= 15 is 0 Å². The summed E-state index contributed by atoms with van der Waals surface area (Å²) in [4.78, 5) is 11.6. The van der Waals surface area contributed by atoms with E-state index in [2.05, 4.69) is 15.9 Å². The van der Waals surface area contributed by atoms with Crippen LogP contribution in [0.1, 0.15) is 28.4 Å². The van der Waals surface area contributed by atoms with Crippen molar-refractivity contribution in [2.24, 2.45) is 0 Å². The minimum Gasteiger partial charge on any atom is -0.488 e. The SMILES string of the molecule is CC(=O)c1cc(C)ccc1OCc1cc(Br)ccc1F. The second-order valence-electron chi connectivity index (χ2n) is 4.58. The summed E-state index contributed by atoms with van der Waals surface area (Å²) < 4.78 is 20.0. The molecule has 0 unspecified atom stereocenters. The highest BCUT2D eigenvalue weighted by Gasteiger charge is 2.10. The molecule has 0 saturated carbocycles. The van der Waals surface area contributed by atoms with Gasteiger partial charge in [0.05, 0.1) is 5.56 Å². The molecular weight excluding hydrogens is 323 g/mol. The number of rotatable bonds is 4. The third-order valence-electron chi connectivity index (χ3n) is 2.91. The molecule has 0 radical (unpaired) electrons. The van der Waals surface area contributed by atoms with Crippen molar-refractivity contribution in [1.82, 2.24) is 0 Å². The second-order valence-corrected chi connectivity index (χ2v) is 5.50. The van der Waals surface area contributed by atoms with Crippen molar-refractivity contribution in [2.45, 2.75) is 20.5 Å². The van der Waals surface area contributed by atoms with Gasteiger partial charge in [-0.2, -0.15) is 0 Å². The fourth-order valence-electron chi connectivity index (χ4n) is 1.85. The van der Waals surface area contributed by atoms with E-state index < -0.39 is 0 Å². The van der Waals surface area contributed by atoms with Gasteiger partial charge in [0.25, 0.3) is 0 Å². The lowest BCUT2D eigenvalue weighted by atomic mass is 10.1. The third kappa shape index (κ3) is 3.45. The zero-order chi connectivity index (χ0) is 14.7. The first-order valence-electron chi connectivity index (χ1n) is 6.15. The van der Waals surface area contributed by atoms with E-state index in [1.54, 1.807) is 24.3 Å². The van der Waals surface area contributed by atoms with Crippen molar-refractivity contribution in [3.8, 4) is 5.75 Å². The van der Waals surface area contributed by atoms with E-state index in [-0.39, 0.29) is 18.2 Å². The quantitative estimate of drug-likeness (QED) is 0.758. The Morgan fingerprint density at radius 1 is 1.25 bits per heavy atom. The second kappa shape index (κ2) is 6.18. The molecule has 0 aliphatic carbocycles. The first-order chi connectivity index (χ1) is 9.47. The fourth-order valence-corrected chi connectivity index (χ4v) is 2.26. The molecule has 0 aliphatic rings. The number of halogens is 2. The minimum absolute atomic E-state index is 0.0709. The maximum absolute atomic E-state index is 13.6. The van der Waals surface area contributed by atoms with Gasteiger partial charge < -0.3 is 4.74 Å². The average Bonchev–Trinajstić information content (AvgIpc) is 2.40. The molecule has 2 aromatic rings. The zero-order valence-corrected chi connectivity index (χ0v) is 12.8. The molecule has 0 aromatic heterocycles. The molecule has 104 valence electrons. The summed E-state index contributed by atoms with van der Waals surface area (Å²) in [5.41, 5.74) is 1.94. The van der Waals surface area contributed by atoms with Crippen LogP contribution in [-0.2, 0) is 6.61 Å². The number of ketones is 1. The maximum Gasteiger partial charge on any atom is 0.163 e. The summed E-state index contributed by atoms with van der Waals surface area (Å²) >= 11 is 3.29. The largest absolute Gasteiger partial charge is 0.488 e. The predicted molar refractivity (Wildman–Crippen MR) is 79.6 cm³/mol. The van der Waals surface area contributed by atoms with Crippen LogP contribution in [-0.4, -0.2) is 5.78 Å². The van der Waals surface area contributed by atoms with E-state index in [0.29, 0.717) is 16.9 Å². The van der Waals surface area contributed by atoms with Crippen LogP contribution in [0.25, 0.3) is 0 Å². The van der Waals surface area contributed by atoms with Gasteiger partial charge in [0.2, 0.25) is 0 Å². The first-order valence-corrected chi connectivity index (χ1v) is 6.95. The Labute approximate surface area is 125 Å². The number of carbonyl (C=O) groups excluding carboxylic acids is 1. The van der Waals surface area contributed by atoms with Gasteiger partial charge >= 0.3 is 0 Å². The summed E-state index contributed by atoms with van der Waals surface area (Å²) in [7, 11) is 0. The van der Waals surface area contributed by atoms with Crippen LogP contribution in [0.15, 0.2) is 40.9 Å². The van der Waals surface area contributed by atoms with Gasteiger partial charge in [-0.25, -0.2) is 4.39 Å². The number of Topliss-reactive ketones (excluding diaryl/α,β-unsaturated/α-hetero) is 1. The summed E-state index contributed by atoms with van der Waals surface area (Å²) in [5, 5.41) is 0. The third-order valence-corrected chi connectivity index (χ3v) is 3.40. The standard InChI is InChI=1S/C16H14BrFO2/c1-10-3-6-16(14(7-10)11(2)19)20-9-12-8-13(17)4-5-15(12)18/h3-8H,9H2,1-2H3. The van der Waals surface area contributed by atoms with Gasteiger partial charge in [0, 0.05) is 10.0 Å². The molecule has 0 aliphatic heterocycles. The number of benzene rings is 2. The number of aryl methyl sites for hydroxylation is 1. The van der Waals surface area contributed by atoms with Crippen LogP contribution in [0, 0.1) is 12.7 Å². The Hall–Kier alpha value is -1.68. The Bertz CT molecular complexity index is 653. The van der Waals surface area contributed by atoms with Crippen LogP contribution < -0.4 is 4.74 Å². The van der Waals surface area contributed by atoms with Gasteiger partial charge in [-0.3, -0.25) is 4.79 Å². The van der Waals surface area contributed by atoms with E-state index in [1.165, 1.54) is 13.0 Å². The Kier molecular flexibility index (Phi) is 4.55. The van der Waals surface area contributed by atoms with Crippen molar-refractivity contribution < 1.29 is 13.9 Å². The molecule has 0 fully saturated rings. The van der Waals surface area contributed by atoms with Crippen molar-refractivity contribution in [3.63, 3.8) is 0 Å². The van der Waals surface area contributed by atoms with Crippen molar-refractivity contribution >= 4 is 21.7 Å². The van der Waals surface area contributed by atoms with Crippen molar-refractivity contribution in [2.75, 3.05) is 0 Å². The normalized spacial score (nSPS) is 10.4. The highest BCUT2D eigenvalue weighted by molar-refractivity contribution is 9.10. The lowest BCUT2D eigenvalue weighted by Gasteiger charge is -2.11. The molecule has 0 N–H and O–H groups in total. The molecule has 4 heteroatoms. The minimum atomic E-state index is -0.329. The molecule has 2 nitrogen and oxygen atoms in total. The Morgan fingerprint density at radius 2 is 2.00 bits per heavy atom. The number of ether oxygens (including phenoxy) is 1. The average molecular weight is 337 g/mol. The van der Waals surface area contributed by atoms with Crippen LogP contribution >= 0.6 is 15.9 Å². The molecule has 0 saturated heterocycles. The van der Waals surface area contributed by atoms with Gasteiger partial charge in [-0.15, -0.1) is 0 Å². The Balaban J connectivity index is 2.23. The topological polar surface area (TPSA) is 26.3 Å². The van der Waals surface area contributed by atoms with Crippen molar-refractivity contribution in [3.05, 3.63) is 63.4 Å². The number of carbonyl (C=O) groups is 1. The van der Waals surface area contributed by atoms with Gasteiger partial charge in [0.15, 0.2) is 5.78 Å². The summed E-state index contributed by atoms with van der Waals surface area (Å²) in [6.45, 7) is 3.47.